The molecule has 0 bridgehead atoms. The molecule has 2 N–H and O–H groups in total. The Kier molecular flexibility index (Phi) is 4.86. The number of aliphatic hydroxyl groups excluding tert-OH is 1. The average molecular weight is 377 g/mol. The zero-order valence-corrected chi connectivity index (χ0v) is 17.0. The maximum Gasteiger partial charge on any atom is 0.151 e. The first-order valence-corrected chi connectivity index (χ1v) is 9.92. The first-order valence-electron chi connectivity index (χ1n) is 9.92. The second-order valence-electron chi connectivity index (χ2n) is 8.28. The van der Waals surface area contributed by atoms with Crippen LogP contribution < -0.4 is 10.1 Å². The van der Waals surface area contributed by atoms with Gasteiger partial charge in [-0.25, -0.2) is 4.98 Å². The maximum atomic E-state index is 11.0. The summed E-state index contributed by atoms with van der Waals surface area (Å²) in [5.74, 6) is 0.789. The number of aliphatic hydroxyl groups is 1. The number of ether oxygens (including phenoxy) is 1. The highest BCUT2D eigenvalue weighted by Crippen LogP contribution is 2.43. The Morgan fingerprint density at radius 1 is 1.11 bits per heavy atom. The SMILES string of the molecule is Cc1cc(C)c2ccc3c(c2n1)OC(C)(C)C(O)C3NCCc1ccccc1. The standard InChI is InChI=1S/C24H28N2O2/c1-15-14-16(2)26-20-18(15)10-11-19-21(23(27)24(3,4)28-22(19)20)25-13-12-17-8-6-5-7-9-17/h5-11,14,21,23,25,27H,12-13H2,1-4H3. The van der Waals surface area contributed by atoms with Crippen molar-refractivity contribution in [3.8, 4) is 5.75 Å². The Bertz CT molecular complexity index is 998. The lowest BCUT2D eigenvalue weighted by Crippen LogP contribution is -2.52. The highest BCUT2D eigenvalue weighted by atomic mass is 16.5. The number of rotatable bonds is 4. The van der Waals surface area contributed by atoms with E-state index in [1.807, 2.05) is 26.8 Å². The first-order chi connectivity index (χ1) is 13.4. The van der Waals surface area contributed by atoms with E-state index >= 15 is 0 Å². The Hall–Kier alpha value is -2.43. The number of nitrogens with one attached hydrogen (secondary N) is 1. The summed E-state index contributed by atoms with van der Waals surface area (Å²) >= 11 is 0. The van der Waals surface area contributed by atoms with Crippen LogP contribution in [0.25, 0.3) is 10.9 Å². The zero-order valence-electron chi connectivity index (χ0n) is 17.0. The molecule has 1 aliphatic rings. The molecule has 0 amide bonds. The van der Waals surface area contributed by atoms with E-state index in [2.05, 4.69) is 54.7 Å². The number of benzene rings is 2. The number of fused-ring (bicyclic) bond motifs is 3. The van der Waals surface area contributed by atoms with Crippen molar-refractivity contribution in [2.45, 2.75) is 51.9 Å². The Morgan fingerprint density at radius 2 is 1.86 bits per heavy atom. The largest absolute Gasteiger partial charge is 0.482 e. The molecule has 3 aromatic rings. The highest BCUT2D eigenvalue weighted by molar-refractivity contribution is 5.89. The van der Waals surface area contributed by atoms with E-state index in [0.717, 1.165) is 40.9 Å². The molecular formula is C24H28N2O2. The van der Waals surface area contributed by atoms with Crippen LogP contribution in [-0.2, 0) is 6.42 Å². The van der Waals surface area contributed by atoms with Gasteiger partial charge in [0.15, 0.2) is 5.75 Å². The molecule has 0 saturated carbocycles. The minimum absolute atomic E-state index is 0.200. The van der Waals surface area contributed by atoms with Gasteiger partial charge in [0, 0.05) is 16.6 Å². The van der Waals surface area contributed by atoms with Gasteiger partial charge in [0.2, 0.25) is 0 Å². The number of aromatic nitrogens is 1. The van der Waals surface area contributed by atoms with Gasteiger partial charge < -0.3 is 15.2 Å². The molecule has 1 aliphatic heterocycles. The molecule has 2 atom stereocenters. The maximum absolute atomic E-state index is 11.0. The van der Waals surface area contributed by atoms with Crippen molar-refractivity contribution in [1.29, 1.82) is 0 Å². The number of nitrogens with zero attached hydrogens (tertiary/aromatic N) is 1. The van der Waals surface area contributed by atoms with Crippen LogP contribution in [0, 0.1) is 13.8 Å². The fourth-order valence-electron chi connectivity index (χ4n) is 4.10. The molecule has 2 heterocycles. The van der Waals surface area contributed by atoms with E-state index in [1.165, 1.54) is 11.1 Å². The van der Waals surface area contributed by atoms with Crippen LogP contribution in [0.5, 0.6) is 5.75 Å². The fraction of sp³-hybridized carbons (Fsp3) is 0.375. The van der Waals surface area contributed by atoms with Gasteiger partial charge in [-0.1, -0.05) is 42.5 Å². The van der Waals surface area contributed by atoms with Gasteiger partial charge in [-0.15, -0.1) is 0 Å². The summed E-state index contributed by atoms with van der Waals surface area (Å²) in [5.41, 5.74) is 4.59. The second-order valence-corrected chi connectivity index (χ2v) is 8.28. The topological polar surface area (TPSA) is 54.4 Å². The lowest BCUT2D eigenvalue weighted by molar-refractivity contribution is -0.0634. The lowest BCUT2D eigenvalue weighted by atomic mass is 9.85. The van der Waals surface area contributed by atoms with Crippen molar-refractivity contribution in [2.24, 2.45) is 0 Å². The van der Waals surface area contributed by atoms with Crippen LogP contribution in [0.2, 0.25) is 0 Å². The summed E-state index contributed by atoms with van der Waals surface area (Å²) in [4.78, 5) is 4.77. The molecular weight excluding hydrogens is 348 g/mol. The smallest absolute Gasteiger partial charge is 0.151 e. The van der Waals surface area contributed by atoms with Crippen molar-refractivity contribution in [1.82, 2.24) is 10.3 Å². The Labute approximate surface area is 166 Å². The summed E-state index contributed by atoms with van der Waals surface area (Å²) in [6, 6.07) is 16.4. The lowest BCUT2D eigenvalue weighted by Gasteiger charge is -2.42. The predicted molar refractivity (Wildman–Crippen MR) is 113 cm³/mol. The van der Waals surface area contributed by atoms with Gasteiger partial charge in [0.05, 0.1) is 6.04 Å². The normalized spacial score (nSPS) is 20.6. The molecule has 4 heteroatoms. The highest BCUT2D eigenvalue weighted by Gasteiger charge is 2.43. The van der Waals surface area contributed by atoms with Gasteiger partial charge in [-0.3, -0.25) is 0 Å². The molecule has 2 unspecified atom stereocenters. The van der Waals surface area contributed by atoms with E-state index in [1.54, 1.807) is 0 Å². The average Bonchev–Trinajstić information content (AvgIpc) is 2.65. The molecule has 2 aromatic carbocycles. The van der Waals surface area contributed by atoms with Crippen LogP contribution in [0.3, 0.4) is 0 Å². The Balaban J connectivity index is 1.70. The fourth-order valence-corrected chi connectivity index (χ4v) is 4.10. The predicted octanol–water partition coefficient (Wildman–Crippen LogP) is 4.26. The number of hydrogen-bond donors (Lipinski definition) is 2. The summed E-state index contributed by atoms with van der Waals surface area (Å²) in [7, 11) is 0. The first kappa shape index (κ1) is 18.9. The van der Waals surface area contributed by atoms with Gasteiger partial charge in [0.25, 0.3) is 0 Å². The van der Waals surface area contributed by atoms with Crippen LogP contribution >= 0.6 is 0 Å². The van der Waals surface area contributed by atoms with E-state index in [4.69, 9.17) is 9.72 Å². The summed E-state index contributed by atoms with van der Waals surface area (Å²) < 4.78 is 6.30. The van der Waals surface area contributed by atoms with Gasteiger partial charge >= 0.3 is 0 Å². The quantitative estimate of drug-likeness (QED) is 0.714. The monoisotopic (exact) mass is 376 g/mol. The summed E-state index contributed by atoms with van der Waals surface area (Å²) in [5, 5.41) is 15.7. The third-order valence-corrected chi connectivity index (χ3v) is 5.65. The minimum atomic E-state index is -0.703. The molecule has 0 radical (unpaired) electrons. The van der Waals surface area contributed by atoms with Gasteiger partial charge in [-0.2, -0.15) is 0 Å². The van der Waals surface area contributed by atoms with Crippen molar-refractivity contribution in [2.75, 3.05) is 6.54 Å². The third-order valence-electron chi connectivity index (χ3n) is 5.65. The van der Waals surface area contributed by atoms with Crippen molar-refractivity contribution in [3.05, 3.63) is 70.9 Å². The van der Waals surface area contributed by atoms with Gasteiger partial charge in [0.1, 0.15) is 17.2 Å². The van der Waals surface area contributed by atoms with Crippen LogP contribution in [0.4, 0.5) is 0 Å². The molecule has 28 heavy (non-hydrogen) atoms. The molecule has 146 valence electrons. The van der Waals surface area contributed by atoms with E-state index in [9.17, 15) is 5.11 Å². The van der Waals surface area contributed by atoms with Crippen molar-refractivity contribution < 1.29 is 9.84 Å². The molecule has 0 fully saturated rings. The molecule has 0 spiro atoms. The van der Waals surface area contributed by atoms with Gasteiger partial charge in [-0.05, 0) is 57.9 Å². The van der Waals surface area contributed by atoms with Crippen LogP contribution in [0.15, 0.2) is 48.5 Å². The van der Waals surface area contributed by atoms with Crippen molar-refractivity contribution in [3.63, 3.8) is 0 Å². The zero-order chi connectivity index (χ0) is 19.9. The molecule has 1 aromatic heterocycles. The van der Waals surface area contributed by atoms with Crippen LogP contribution in [-0.4, -0.2) is 28.3 Å². The Morgan fingerprint density at radius 3 is 2.61 bits per heavy atom. The van der Waals surface area contributed by atoms with E-state index in [-0.39, 0.29) is 6.04 Å². The third kappa shape index (κ3) is 3.38. The number of aryl methyl sites for hydroxylation is 2. The summed E-state index contributed by atoms with van der Waals surface area (Å²) in [6.07, 6.45) is 0.254. The summed E-state index contributed by atoms with van der Waals surface area (Å²) in [6.45, 7) is 8.76. The molecule has 0 aliphatic carbocycles. The second kappa shape index (κ2) is 7.19. The molecule has 0 saturated heterocycles. The minimum Gasteiger partial charge on any atom is -0.482 e. The van der Waals surface area contributed by atoms with E-state index in [0.29, 0.717) is 0 Å². The van der Waals surface area contributed by atoms with Crippen molar-refractivity contribution >= 4 is 10.9 Å². The number of hydrogen-bond acceptors (Lipinski definition) is 4. The number of pyridine rings is 1. The molecule has 4 nitrogen and oxygen atoms in total. The van der Waals surface area contributed by atoms with E-state index < -0.39 is 11.7 Å². The molecule has 4 rings (SSSR count). The van der Waals surface area contributed by atoms with Crippen LogP contribution in [0.1, 0.15) is 42.3 Å².